The van der Waals surface area contributed by atoms with Crippen LogP contribution in [0.25, 0.3) is 0 Å². The molecule has 0 aromatic heterocycles. The van der Waals surface area contributed by atoms with E-state index in [1.807, 2.05) is 0 Å². The molecular weight excluding hydrogens is 477 g/mol. The summed E-state index contributed by atoms with van der Waals surface area (Å²) in [6.45, 7) is 2.98. The van der Waals surface area contributed by atoms with Crippen LogP contribution in [0.5, 0.6) is 5.75 Å². The van der Waals surface area contributed by atoms with Gasteiger partial charge in [0.05, 0.1) is 22.8 Å². The quantitative estimate of drug-likeness (QED) is 0.380. The highest BCUT2D eigenvalue weighted by Gasteiger charge is 2.31. The number of aliphatic imine (C=N–C) groups is 1. The van der Waals surface area contributed by atoms with Gasteiger partial charge < -0.3 is 4.74 Å². The Morgan fingerprint density at radius 2 is 1.80 bits per heavy atom. The van der Waals surface area contributed by atoms with Crippen molar-refractivity contribution in [2.75, 3.05) is 17.9 Å². The number of sulfonamides is 1. The summed E-state index contributed by atoms with van der Waals surface area (Å²) in [5.41, 5.74) is 1.97. The molecular formula is C26H25F3N2O3S. The molecule has 9 heteroatoms. The summed E-state index contributed by atoms with van der Waals surface area (Å²) in [6, 6.07) is 16.5. The molecule has 3 aromatic rings. The van der Waals surface area contributed by atoms with Crippen molar-refractivity contribution in [2.24, 2.45) is 4.99 Å². The number of benzene rings is 3. The molecule has 1 N–H and O–H groups in total. The number of halogens is 3. The summed E-state index contributed by atoms with van der Waals surface area (Å²) < 4.78 is 73.3. The van der Waals surface area contributed by atoms with Gasteiger partial charge in [-0.15, -0.1) is 0 Å². The van der Waals surface area contributed by atoms with E-state index in [-0.39, 0.29) is 4.90 Å². The minimum atomic E-state index is -4.41. The highest BCUT2D eigenvalue weighted by atomic mass is 32.2. The van der Waals surface area contributed by atoms with Crippen molar-refractivity contribution in [2.45, 2.75) is 37.3 Å². The monoisotopic (exact) mass is 502 g/mol. The molecule has 35 heavy (non-hydrogen) atoms. The summed E-state index contributed by atoms with van der Waals surface area (Å²) in [5.74, 6) is 0.599. The molecule has 1 aliphatic heterocycles. The lowest BCUT2D eigenvalue weighted by molar-refractivity contribution is -0.137. The van der Waals surface area contributed by atoms with Crippen LogP contribution in [-0.4, -0.2) is 27.3 Å². The van der Waals surface area contributed by atoms with Gasteiger partial charge in [-0.2, -0.15) is 13.2 Å². The summed E-state index contributed by atoms with van der Waals surface area (Å²) in [7, 11) is -3.86. The lowest BCUT2D eigenvalue weighted by Gasteiger charge is -2.19. The number of alkyl halides is 3. The lowest BCUT2D eigenvalue weighted by Crippen LogP contribution is -2.17. The smallest absolute Gasteiger partial charge is 0.416 e. The van der Waals surface area contributed by atoms with Gasteiger partial charge in [-0.05, 0) is 66.9 Å². The van der Waals surface area contributed by atoms with Crippen LogP contribution in [0, 0.1) is 0 Å². The molecule has 0 fully saturated rings. The van der Waals surface area contributed by atoms with Crippen molar-refractivity contribution in [1.82, 2.24) is 0 Å². The molecule has 1 aliphatic rings. The molecule has 0 saturated heterocycles. The SMILES string of the molecule is CCCCOc1ccc(S(=O)(=O)Nc2cccc(C3=NCCc4cc(C(F)(F)F)ccc43)c2)cc1. The molecule has 5 nitrogen and oxygen atoms in total. The summed E-state index contributed by atoms with van der Waals surface area (Å²) in [5, 5.41) is 0. The molecule has 0 unspecified atom stereocenters. The molecule has 0 aliphatic carbocycles. The Hall–Kier alpha value is -3.33. The predicted octanol–water partition coefficient (Wildman–Crippen LogP) is 6.08. The maximum absolute atomic E-state index is 13.1. The second kappa shape index (κ2) is 10.1. The Morgan fingerprint density at radius 3 is 2.51 bits per heavy atom. The second-order valence-electron chi connectivity index (χ2n) is 8.21. The highest BCUT2D eigenvalue weighted by molar-refractivity contribution is 7.92. The Morgan fingerprint density at radius 1 is 1.03 bits per heavy atom. The molecule has 0 bridgehead atoms. The minimum Gasteiger partial charge on any atom is -0.494 e. The van der Waals surface area contributed by atoms with Gasteiger partial charge in [-0.3, -0.25) is 9.71 Å². The molecule has 0 atom stereocenters. The first-order chi connectivity index (χ1) is 16.7. The number of fused-ring (bicyclic) bond motifs is 1. The average molecular weight is 503 g/mol. The summed E-state index contributed by atoms with van der Waals surface area (Å²) >= 11 is 0. The number of nitrogens with one attached hydrogen (secondary N) is 1. The Bertz CT molecular complexity index is 1330. The minimum absolute atomic E-state index is 0.0887. The van der Waals surface area contributed by atoms with Crippen molar-refractivity contribution in [3.05, 3.63) is 89.0 Å². The van der Waals surface area contributed by atoms with Crippen LogP contribution in [0.3, 0.4) is 0 Å². The maximum Gasteiger partial charge on any atom is 0.416 e. The van der Waals surface area contributed by atoms with E-state index >= 15 is 0 Å². The Balaban J connectivity index is 1.55. The number of anilines is 1. The van der Waals surface area contributed by atoms with Crippen molar-refractivity contribution in [3.63, 3.8) is 0 Å². The van der Waals surface area contributed by atoms with Crippen LogP contribution in [0.4, 0.5) is 18.9 Å². The topological polar surface area (TPSA) is 67.8 Å². The number of unbranched alkanes of at least 4 members (excludes halogenated alkanes) is 1. The normalized spacial score (nSPS) is 13.7. The highest BCUT2D eigenvalue weighted by Crippen LogP contribution is 2.32. The molecule has 184 valence electrons. The van der Waals surface area contributed by atoms with Gasteiger partial charge in [0.2, 0.25) is 0 Å². The lowest BCUT2D eigenvalue weighted by atomic mass is 9.91. The van der Waals surface area contributed by atoms with Crippen molar-refractivity contribution < 1.29 is 26.3 Å². The van der Waals surface area contributed by atoms with Crippen molar-refractivity contribution in [1.29, 1.82) is 0 Å². The first-order valence-electron chi connectivity index (χ1n) is 11.3. The molecule has 0 saturated carbocycles. The van der Waals surface area contributed by atoms with Gasteiger partial charge in [0.1, 0.15) is 5.75 Å². The molecule has 0 amide bonds. The first-order valence-corrected chi connectivity index (χ1v) is 12.8. The number of ether oxygens (including phenoxy) is 1. The zero-order valence-corrected chi connectivity index (χ0v) is 19.9. The van der Waals surface area contributed by atoms with E-state index in [2.05, 4.69) is 16.6 Å². The maximum atomic E-state index is 13.1. The third-order valence-electron chi connectivity index (χ3n) is 5.63. The molecule has 4 rings (SSSR count). The van der Waals surface area contributed by atoms with Gasteiger partial charge in [0.25, 0.3) is 10.0 Å². The average Bonchev–Trinajstić information content (AvgIpc) is 2.83. The van der Waals surface area contributed by atoms with Crippen LogP contribution in [-0.2, 0) is 22.6 Å². The largest absolute Gasteiger partial charge is 0.494 e. The van der Waals surface area contributed by atoms with E-state index in [0.717, 1.165) is 25.0 Å². The van der Waals surface area contributed by atoms with E-state index in [1.54, 1.807) is 36.4 Å². The van der Waals surface area contributed by atoms with E-state index in [0.29, 0.717) is 53.4 Å². The van der Waals surface area contributed by atoms with Crippen molar-refractivity contribution in [3.8, 4) is 5.75 Å². The second-order valence-corrected chi connectivity index (χ2v) is 9.89. The van der Waals surface area contributed by atoms with Gasteiger partial charge >= 0.3 is 6.18 Å². The molecule has 1 heterocycles. The summed E-state index contributed by atoms with van der Waals surface area (Å²) in [4.78, 5) is 4.60. The number of nitrogens with zero attached hydrogens (tertiary/aromatic N) is 1. The first kappa shape index (κ1) is 24.8. The van der Waals surface area contributed by atoms with Gasteiger partial charge in [0, 0.05) is 23.4 Å². The third-order valence-corrected chi connectivity index (χ3v) is 7.02. The van der Waals surface area contributed by atoms with E-state index in [1.165, 1.54) is 18.2 Å². The molecule has 0 spiro atoms. The van der Waals surface area contributed by atoms with Crippen LogP contribution in [0.15, 0.2) is 76.6 Å². The molecule has 0 radical (unpaired) electrons. The third kappa shape index (κ3) is 5.85. The zero-order chi connectivity index (χ0) is 25.1. The van der Waals surface area contributed by atoms with Crippen LogP contribution < -0.4 is 9.46 Å². The Labute approximate surface area is 202 Å². The molecule has 3 aromatic carbocycles. The zero-order valence-electron chi connectivity index (χ0n) is 19.1. The standard InChI is InChI=1S/C26H25F3N2O3S/c1-2-3-15-34-22-8-10-23(11-9-22)35(32,33)31-21-6-4-5-19(17-21)25-24-12-7-20(26(27,28)29)16-18(24)13-14-30-25/h4-12,16-17,31H,2-3,13-15H2,1H3. The van der Waals surface area contributed by atoms with Gasteiger partial charge in [0.15, 0.2) is 0 Å². The number of hydrogen-bond donors (Lipinski definition) is 1. The fourth-order valence-corrected chi connectivity index (χ4v) is 4.87. The van der Waals surface area contributed by atoms with Gasteiger partial charge in [-0.25, -0.2) is 8.42 Å². The van der Waals surface area contributed by atoms with E-state index < -0.39 is 21.8 Å². The number of rotatable bonds is 8. The van der Waals surface area contributed by atoms with Crippen LogP contribution >= 0.6 is 0 Å². The fourth-order valence-electron chi connectivity index (χ4n) is 3.82. The number of hydrogen-bond acceptors (Lipinski definition) is 4. The van der Waals surface area contributed by atoms with E-state index in [9.17, 15) is 21.6 Å². The van der Waals surface area contributed by atoms with Crippen LogP contribution in [0.1, 0.15) is 42.0 Å². The fraction of sp³-hybridized carbons (Fsp3) is 0.269. The van der Waals surface area contributed by atoms with E-state index in [4.69, 9.17) is 4.74 Å². The van der Waals surface area contributed by atoms with Gasteiger partial charge in [-0.1, -0.05) is 31.5 Å². The summed E-state index contributed by atoms with van der Waals surface area (Å²) in [6.07, 6.45) is -2.09. The Kier molecular flexibility index (Phi) is 7.16. The van der Waals surface area contributed by atoms with Crippen molar-refractivity contribution >= 4 is 21.4 Å². The predicted molar refractivity (Wildman–Crippen MR) is 130 cm³/mol. The van der Waals surface area contributed by atoms with Crippen LogP contribution in [0.2, 0.25) is 0 Å².